The van der Waals surface area contributed by atoms with Gasteiger partial charge in [-0.25, -0.2) is 17.9 Å². The molecule has 0 aromatic carbocycles. The minimum Gasteiger partial charge on any atom is -0.381 e. The molecule has 0 radical (unpaired) electrons. The third-order valence-corrected chi connectivity index (χ3v) is 7.06. The highest BCUT2D eigenvalue weighted by Crippen LogP contribution is 2.25. The van der Waals surface area contributed by atoms with Gasteiger partial charge < -0.3 is 10.6 Å². The average Bonchev–Trinajstić information content (AvgIpc) is 2.64. The number of rotatable bonds is 5. The maximum absolute atomic E-state index is 12.8. The number of hydrogen-bond acceptors (Lipinski definition) is 5. The summed E-state index contributed by atoms with van der Waals surface area (Å²) < 4.78 is 27.8. The first-order valence-corrected chi connectivity index (χ1v) is 12.1. The second kappa shape index (κ2) is 10.1. The fourth-order valence-electron chi connectivity index (χ4n) is 4.17. The molecule has 2 amide bonds. The molecule has 2 fully saturated rings. The quantitative estimate of drug-likeness (QED) is 0.685. The van der Waals surface area contributed by atoms with Crippen molar-refractivity contribution < 1.29 is 13.2 Å². The van der Waals surface area contributed by atoms with E-state index in [4.69, 9.17) is 0 Å². The number of carbonyl (C=O) groups excluding carboxylic acids is 1. The molecule has 0 unspecified atom stereocenters. The van der Waals surface area contributed by atoms with Crippen LogP contribution in [0.1, 0.15) is 77.0 Å². The Labute approximate surface area is 168 Å². The molecule has 0 saturated heterocycles. The Bertz CT molecular complexity index is 740. The summed E-state index contributed by atoms with van der Waals surface area (Å²) in [7, 11) is -4.00. The maximum atomic E-state index is 12.8. The summed E-state index contributed by atoms with van der Waals surface area (Å²) in [5.74, 6) is 0. The van der Waals surface area contributed by atoms with Crippen LogP contribution in [0.15, 0.2) is 23.4 Å². The van der Waals surface area contributed by atoms with Crippen molar-refractivity contribution in [3.63, 3.8) is 0 Å². The molecule has 7 nitrogen and oxygen atoms in total. The fraction of sp³-hybridized carbons (Fsp3) is 0.700. The minimum atomic E-state index is -4.00. The monoisotopic (exact) mass is 408 g/mol. The molecular formula is C20H32N4O3S. The number of urea groups is 1. The highest BCUT2D eigenvalue weighted by Gasteiger charge is 2.25. The van der Waals surface area contributed by atoms with Crippen LogP contribution >= 0.6 is 0 Å². The summed E-state index contributed by atoms with van der Waals surface area (Å²) in [6.07, 6.45) is 16.0. The second-order valence-corrected chi connectivity index (χ2v) is 9.62. The van der Waals surface area contributed by atoms with Crippen LogP contribution in [0.2, 0.25) is 0 Å². The van der Waals surface area contributed by atoms with Gasteiger partial charge in [0.25, 0.3) is 10.0 Å². The molecule has 1 heterocycles. The molecule has 0 bridgehead atoms. The maximum Gasteiger partial charge on any atom is 0.328 e. The smallest absolute Gasteiger partial charge is 0.328 e. The van der Waals surface area contributed by atoms with Gasteiger partial charge in [0, 0.05) is 24.5 Å². The summed E-state index contributed by atoms with van der Waals surface area (Å²) in [5.41, 5.74) is 0.513. The van der Waals surface area contributed by atoms with Gasteiger partial charge in [0.1, 0.15) is 4.90 Å². The first-order chi connectivity index (χ1) is 13.5. The number of pyridine rings is 1. The normalized spacial score (nSPS) is 20.0. The lowest BCUT2D eigenvalue weighted by Crippen LogP contribution is -2.45. The lowest BCUT2D eigenvalue weighted by Gasteiger charge is -2.24. The highest BCUT2D eigenvalue weighted by molar-refractivity contribution is 7.90. The van der Waals surface area contributed by atoms with Crippen LogP contribution in [0, 0.1) is 0 Å². The summed E-state index contributed by atoms with van der Waals surface area (Å²) >= 11 is 0. The molecule has 2 aliphatic carbocycles. The molecule has 8 heteroatoms. The molecule has 0 spiro atoms. The van der Waals surface area contributed by atoms with Crippen LogP contribution in [-0.2, 0) is 10.0 Å². The van der Waals surface area contributed by atoms with E-state index in [-0.39, 0.29) is 17.0 Å². The topological polar surface area (TPSA) is 100 Å². The number of aromatic nitrogens is 1. The minimum absolute atomic E-state index is 0.0239. The summed E-state index contributed by atoms with van der Waals surface area (Å²) in [6, 6.07) is 1.30. The van der Waals surface area contributed by atoms with Gasteiger partial charge in [-0.2, -0.15) is 0 Å². The number of sulfonamides is 1. The first kappa shape index (κ1) is 20.9. The number of nitrogens with one attached hydrogen (secondary N) is 3. The van der Waals surface area contributed by atoms with Crippen molar-refractivity contribution in [2.24, 2.45) is 0 Å². The van der Waals surface area contributed by atoms with E-state index >= 15 is 0 Å². The molecule has 3 rings (SSSR count). The Balaban J connectivity index is 1.66. The fourth-order valence-corrected chi connectivity index (χ4v) is 5.20. The van der Waals surface area contributed by atoms with Crippen molar-refractivity contribution >= 4 is 21.7 Å². The van der Waals surface area contributed by atoms with Crippen LogP contribution in [0.4, 0.5) is 10.5 Å². The SMILES string of the molecule is O=C(NC1CCCCC1)NS(=O)(=O)c1cnccc1NC1CCCCCCC1. The van der Waals surface area contributed by atoms with Crippen LogP contribution in [0.5, 0.6) is 0 Å². The van der Waals surface area contributed by atoms with Crippen molar-refractivity contribution in [3.05, 3.63) is 18.5 Å². The van der Waals surface area contributed by atoms with E-state index in [0.717, 1.165) is 51.4 Å². The number of carbonyl (C=O) groups is 1. The average molecular weight is 409 g/mol. The molecule has 1 aromatic rings. The predicted octanol–water partition coefficient (Wildman–Crippen LogP) is 3.93. The van der Waals surface area contributed by atoms with Gasteiger partial charge in [-0.15, -0.1) is 0 Å². The van der Waals surface area contributed by atoms with Crippen LogP contribution in [-0.4, -0.2) is 31.5 Å². The van der Waals surface area contributed by atoms with E-state index in [0.29, 0.717) is 5.69 Å². The van der Waals surface area contributed by atoms with E-state index in [2.05, 4.69) is 20.3 Å². The third kappa shape index (κ3) is 6.09. The van der Waals surface area contributed by atoms with Crippen LogP contribution in [0.25, 0.3) is 0 Å². The van der Waals surface area contributed by atoms with Crippen molar-refractivity contribution in [1.82, 2.24) is 15.0 Å². The first-order valence-electron chi connectivity index (χ1n) is 10.6. The Hall–Kier alpha value is -1.83. The molecule has 1 aromatic heterocycles. The lowest BCUT2D eigenvalue weighted by molar-refractivity contribution is 0.237. The van der Waals surface area contributed by atoms with Crippen LogP contribution < -0.4 is 15.4 Å². The van der Waals surface area contributed by atoms with Gasteiger partial charge in [-0.05, 0) is 31.7 Å². The zero-order chi connectivity index (χ0) is 19.8. The van der Waals surface area contributed by atoms with E-state index in [1.165, 1.54) is 31.9 Å². The summed E-state index contributed by atoms with van der Waals surface area (Å²) in [4.78, 5) is 16.2. The van der Waals surface area contributed by atoms with Gasteiger partial charge >= 0.3 is 6.03 Å². The van der Waals surface area contributed by atoms with E-state index in [9.17, 15) is 13.2 Å². The number of anilines is 1. The molecule has 2 saturated carbocycles. The highest BCUT2D eigenvalue weighted by atomic mass is 32.2. The molecular weight excluding hydrogens is 376 g/mol. The Morgan fingerprint density at radius 3 is 2.14 bits per heavy atom. The molecule has 3 N–H and O–H groups in total. The molecule has 0 atom stereocenters. The predicted molar refractivity (Wildman–Crippen MR) is 110 cm³/mol. The van der Waals surface area contributed by atoms with Crippen LogP contribution in [0.3, 0.4) is 0 Å². The van der Waals surface area contributed by atoms with Crippen molar-refractivity contribution in [1.29, 1.82) is 0 Å². The molecule has 156 valence electrons. The van der Waals surface area contributed by atoms with Gasteiger partial charge in [0.15, 0.2) is 0 Å². The lowest BCUT2D eigenvalue weighted by atomic mass is 9.96. The van der Waals surface area contributed by atoms with E-state index in [1.54, 1.807) is 12.3 Å². The molecule has 0 aliphatic heterocycles. The zero-order valence-electron chi connectivity index (χ0n) is 16.5. The zero-order valence-corrected chi connectivity index (χ0v) is 17.3. The number of hydrogen-bond donors (Lipinski definition) is 3. The van der Waals surface area contributed by atoms with E-state index in [1.807, 2.05) is 0 Å². The molecule has 2 aliphatic rings. The van der Waals surface area contributed by atoms with Gasteiger partial charge in [-0.1, -0.05) is 51.4 Å². The summed E-state index contributed by atoms with van der Waals surface area (Å²) in [5, 5.41) is 6.18. The van der Waals surface area contributed by atoms with Crippen molar-refractivity contribution in [2.45, 2.75) is 94.0 Å². The van der Waals surface area contributed by atoms with Gasteiger partial charge in [-0.3, -0.25) is 4.98 Å². The Kier molecular flexibility index (Phi) is 7.53. The Morgan fingerprint density at radius 1 is 0.893 bits per heavy atom. The van der Waals surface area contributed by atoms with Gasteiger partial charge in [0.05, 0.1) is 5.69 Å². The Morgan fingerprint density at radius 2 is 1.46 bits per heavy atom. The standard InChI is InChI=1S/C20H32N4O3S/c25-20(23-17-11-7-4-8-12-17)24-28(26,27)19-15-21-14-13-18(19)22-16-9-5-2-1-3-6-10-16/h13-17H,1-12H2,(H,21,22)(H2,23,24,25). The largest absolute Gasteiger partial charge is 0.381 e. The van der Waals surface area contributed by atoms with Crippen molar-refractivity contribution in [3.8, 4) is 0 Å². The third-order valence-electron chi connectivity index (χ3n) is 5.71. The number of amides is 2. The molecule has 28 heavy (non-hydrogen) atoms. The van der Waals surface area contributed by atoms with Crippen molar-refractivity contribution in [2.75, 3.05) is 5.32 Å². The second-order valence-electron chi connectivity index (χ2n) is 7.97. The van der Waals surface area contributed by atoms with E-state index < -0.39 is 16.1 Å². The van der Waals surface area contributed by atoms with Gasteiger partial charge in [0.2, 0.25) is 0 Å². The number of nitrogens with zero attached hydrogens (tertiary/aromatic N) is 1. The summed E-state index contributed by atoms with van der Waals surface area (Å²) in [6.45, 7) is 0.